The highest BCUT2D eigenvalue weighted by Crippen LogP contribution is 2.45. The maximum absolute atomic E-state index is 14.2. The number of hydrogen-bond acceptors (Lipinski definition) is 5. The van der Waals surface area contributed by atoms with Crippen molar-refractivity contribution in [3.63, 3.8) is 0 Å². The number of ether oxygens (including phenoxy) is 1. The molecule has 1 aromatic carbocycles. The molecule has 0 radical (unpaired) electrons. The van der Waals surface area contributed by atoms with Gasteiger partial charge in [-0.3, -0.25) is 0 Å². The van der Waals surface area contributed by atoms with Gasteiger partial charge in [0.2, 0.25) is 0 Å². The molecule has 3 fully saturated rings. The molecule has 0 amide bonds. The van der Waals surface area contributed by atoms with E-state index in [1.165, 1.54) is 0 Å². The standard InChI is InChI=1S/C24H29F3N4O/c25-16-10-19(24(27)20(26)11-16)21-2-4-23(30-29-21)31-13-15-9-17(28)12-18(15)22(31)3-1-14-5-7-32-8-6-14/h2,4,10-11,14-15,17-18,22H,1,3,5-9,12-13,28H2/t15-,17+,18+,22+/m1/s1. The third-order valence-corrected chi connectivity index (χ3v) is 7.54. The Balaban J connectivity index is 1.36. The van der Waals surface area contributed by atoms with Gasteiger partial charge in [0.05, 0.1) is 5.69 Å². The zero-order valence-electron chi connectivity index (χ0n) is 18.0. The van der Waals surface area contributed by atoms with E-state index in [4.69, 9.17) is 10.5 Å². The minimum absolute atomic E-state index is 0.116. The Labute approximate surface area is 186 Å². The summed E-state index contributed by atoms with van der Waals surface area (Å²) in [4.78, 5) is 2.32. The van der Waals surface area contributed by atoms with Crippen molar-refractivity contribution >= 4 is 5.82 Å². The zero-order chi connectivity index (χ0) is 22.2. The van der Waals surface area contributed by atoms with Crippen LogP contribution < -0.4 is 10.6 Å². The zero-order valence-corrected chi connectivity index (χ0v) is 18.0. The van der Waals surface area contributed by atoms with E-state index in [2.05, 4.69) is 15.1 Å². The van der Waals surface area contributed by atoms with Crippen molar-refractivity contribution < 1.29 is 17.9 Å². The van der Waals surface area contributed by atoms with Gasteiger partial charge in [0, 0.05) is 43.5 Å². The van der Waals surface area contributed by atoms with Crippen molar-refractivity contribution in [1.29, 1.82) is 0 Å². The summed E-state index contributed by atoms with van der Waals surface area (Å²) in [6.07, 6.45) is 6.51. The van der Waals surface area contributed by atoms with Gasteiger partial charge in [-0.2, -0.15) is 0 Å². The number of anilines is 1. The van der Waals surface area contributed by atoms with Crippen LogP contribution in [-0.2, 0) is 4.74 Å². The Kier molecular flexibility index (Phi) is 6.07. The average molecular weight is 447 g/mol. The predicted octanol–water partition coefficient (Wildman–Crippen LogP) is 4.31. The molecule has 32 heavy (non-hydrogen) atoms. The van der Waals surface area contributed by atoms with Crippen molar-refractivity contribution in [1.82, 2.24) is 10.2 Å². The van der Waals surface area contributed by atoms with Gasteiger partial charge < -0.3 is 15.4 Å². The molecule has 3 heterocycles. The van der Waals surface area contributed by atoms with Crippen LogP contribution in [0.2, 0.25) is 0 Å². The molecule has 2 N–H and O–H groups in total. The summed E-state index contributed by atoms with van der Waals surface area (Å²) in [5.74, 6) is -0.691. The number of nitrogens with zero attached hydrogens (tertiary/aromatic N) is 3. The second-order valence-corrected chi connectivity index (χ2v) is 9.53. The van der Waals surface area contributed by atoms with E-state index in [1.807, 2.05) is 0 Å². The number of benzene rings is 1. The van der Waals surface area contributed by atoms with Crippen LogP contribution in [-0.4, -0.2) is 42.0 Å². The summed E-state index contributed by atoms with van der Waals surface area (Å²) in [6.45, 7) is 2.58. The molecular weight excluding hydrogens is 417 g/mol. The van der Waals surface area contributed by atoms with Crippen molar-refractivity contribution in [2.45, 2.75) is 50.6 Å². The van der Waals surface area contributed by atoms with E-state index >= 15 is 0 Å². The number of halogens is 3. The van der Waals surface area contributed by atoms with Crippen LogP contribution in [0.15, 0.2) is 24.3 Å². The summed E-state index contributed by atoms with van der Waals surface area (Å²) in [5.41, 5.74) is 6.17. The molecule has 2 aliphatic heterocycles. The number of hydrogen-bond donors (Lipinski definition) is 1. The van der Waals surface area contributed by atoms with Crippen LogP contribution in [0.1, 0.15) is 38.5 Å². The fourth-order valence-corrected chi connectivity index (χ4v) is 5.94. The van der Waals surface area contributed by atoms with Crippen molar-refractivity contribution in [3.05, 3.63) is 41.7 Å². The topological polar surface area (TPSA) is 64.3 Å². The van der Waals surface area contributed by atoms with Crippen molar-refractivity contribution in [2.24, 2.45) is 23.5 Å². The van der Waals surface area contributed by atoms with Crippen LogP contribution in [0.3, 0.4) is 0 Å². The lowest BCUT2D eigenvalue weighted by molar-refractivity contribution is 0.0623. The lowest BCUT2D eigenvalue weighted by Crippen LogP contribution is -2.36. The SMILES string of the molecule is N[C@H]1C[C@@H]2CN(c3ccc(-c4cc(F)cc(F)c4F)nn3)[C@@H](CCC3CCOCC3)[C@H]2C1. The molecule has 5 nitrogen and oxygen atoms in total. The lowest BCUT2D eigenvalue weighted by atomic mass is 9.86. The first-order valence-electron chi connectivity index (χ1n) is 11.6. The first-order chi connectivity index (χ1) is 15.5. The van der Waals surface area contributed by atoms with Gasteiger partial charge >= 0.3 is 0 Å². The fraction of sp³-hybridized carbons (Fsp3) is 0.583. The molecule has 2 aromatic rings. The van der Waals surface area contributed by atoms with Gasteiger partial charge in [-0.25, -0.2) is 13.2 Å². The van der Waals surface area contributed by atoms with Crippen LogP contribution in [0.5, 0.6) is 0 Å². The highest BCUT2D eigenvalue weighted by atomic mass is 19.2. The molecule has 0 unspecified atom stereocenters. The Morgan fingerprint density at radius 2 is 1.84 bits per heavy atom. The summed E-state index contributed by atoms with van der Waals surface area (Å²) < 4.78 is 46.9. The molecule has 172 valence electrons. The molecular formula is C24H29F3N4O. The van der Waals surface area contributed by atoms with E-state index < -0.39 is 17.5 Å². The van der Waals surface area contributed by atoms with E-state index in [9.17, 15) is 13.2 Å². The average Bonchev–Trinajstić information content (AvgIpc) is 3.31. The molecule has 5 rings (SSSR count). The largest absolute Gasteiger partial charge is 0.381 e. The Hall–Kier alpha value is -2.19. The quantitative estimate of drug-likeness (QED) is 0.694. The number of nitrogens with two attached hydrogens (primary N) is 1. The molecule has 0 spiro atoms. The van der Waals surface area contributed by atoms with Crippen LogP contribution in [0, 0.1) is 35.2 Å². The van der Waals surface area contributed by atoms with Gasteiger partial charge in [0.1, 0.15) is 5.82 Å². The second-order valence-electron chi connectivity index (χ2n) is 9.53. The summed E-state index contributed by atoms with van der Waals surface area (Å²) in [7, 11) is 0. The molecule has 8 heteroatoms. The predicted molar refractivity (Wildman–Crippen MR) is 115 cm³/mol. The molecule has 3 aliphatic rings. The Bertz CT molecular complexity index is 951. The molecule has 1 aliphatic carbocycles. The summed E-state index contributed by atoms with van der Waals surface area (Å²) >= 11 is 0. The van der Waals surface area contributed by atoms with Crippen LogP contribution >= 0.6 is 0 Å². The highest BCUT2D eigenvalue weighted by Gasteiger charge is 2.46. The molecule has 1 aromatic heterocycles. The second kappa shape index (κ2) is 8.98. The van der Waals surface area contributed by atoms with Crippen LogP contribution in [0.4, 0.5) is 19.0 Å². The van der Waals surface area contributed by atoms with Gasteiger partial charge in [-0.05, 0) is 74.5 Å². The smallest absolute Gasteiger partial charge is 0.168 e. The highest BCUT2D eigenvalue weighted by molar-refractivity contribution is 5.61. The fourth-order valence-electron chi connectivity index (χ4n) is 5.94. The van der Waals surface area contributed by atoms with E-state index in [0.717, 1.165) is 70.2 Å². The van der Waals surface area contributed by atoms with Gasteiger partial charge in [-0.15, -0.1) is 10.2 Å². The van der Waals surface area contributed by atoms with Gasteiger partial charge in [-0.1, -0.05) is 0 Å². The Morgan fingerprint density at radius 1 is 1.03 bits per heavy atom. The first-order valence-corrected chi connectivity index (χ1v) is 11.6. The van der Waals surface area contributed by atoms with Crippen LogP contribution in [0.25, 0.3) is 11.3 Å². The lowest BCUT2D eigenvalue weighted by Gasteiger charge is -2.31. The molecule has 4 atom stereocenters. The minimum atomic E-state index is -1.23. The van der Waals surface area contributed by atoms with E-state index in [1.54, 1.807) is 12.1 Å². The van der Waals surface area contributed by atoms with Gasteiger partial charge in [0.25, 0.3) is 0 Å². The van der Waals surface area contributed by atoms with E-state index in [-0.39, 0.29) is 17.3 Å². The van der Waals surface area contributed by atoms with Crippen molar-refractivity contribution in [2.75, 3.05) is 24.7 Å². The maximum atomic E-state index is 14.2. The van der Waals surface area contributed by atoms with E-state index in [0.29, 0.717) is 29.9 Å². The van der Waals surface area contributed by atoms with Gasteiger partial charge in [0.15, 0.2) is 17.5 Å². The number of aromatic nitrogens is 2. The number of fused-ring (bicyclic) bond motifs is 1. The Morgan fingerprint density at radius 3 is 2.59 bits per heavy atom. The minimum Gasteiger partial charge on any atom is -0.381 e. The number of rotatable bonds is 5. The normalized spacial score (nSPS) is 28.3. The van der Waals surface area contributed by atoms with Crippen molar-refractivity contribution in [3.8, 4) is 11.3 Å². The maximum Gasteiger partial charge on any atom is 0.168 e. The third kappa shape index (κ3) is 4.22. The molecule has 0 bridgehead atoms. The monoisotopic (exact) mass is 446 g/mol. The molecule has 1 saturated carbocycles. The summed E-state index contributed by atoms with van der Waals surface area (Å²) in [6, 6.07) is 5.46. The molecule has 2 saturated heterocycles. The first kappa shape index (κ1) is 21.6. The third-order valence-electron chi connectivity index (χ3n) is 7.54. The summed E-state index contributed by atoms with van der Waals surface area (Å²) in [5, 5.41) is 8.47.